The number of azide groups is 1. The first-order valence-corrected chi connectivity index (χ1v) is 6.27. The standard InChI is InChI=1S/C7H14N4O2S/c8-11-9-4-1-5-10-14(12,13)6-7-2-3-7/h7,10H,1-6H2. The van der Waals surface area contributed by atoms with Crippen molar-refractivity contribution in [3.05, 3.63) is 10.4 Å². The first-order chi connectivity index (χ1) is 6.64. The highest BCUT2D eigenvalue weighted by Crippen LogP contribution is 2.29. The predicted octanol–water partition coefficient (Wildman–Crippen LogP) is 1.02. The molecule has 1 aliphatic rings. The minimum atomic E-state index is -3.09. The van der Waals surface area contributed by atoms with E-state index in [0.717, 1.165) is 12.8 Å². The maximum Gasteiger partial charge on any atom is 0.211 e. The molecule has 80 valence electrons. The van der Waals surface area contributed by atoms with Gasteiger partial charge in [0.25, 0.3) is 0 Å². The van der Waals surface area contributed by atoms with Gasteiger partial charge in [-0.3, -0.25) is 0 Å². The van der Waals surface area contributed by atoms with Crippen LogP contribution in [0.3, 0.4) is 0 Å². The van der Waals surface area contributed by atoms with E-state index in [4.69, 9.17) is 5.53 Å². The van der Waals surface area contributed by atoms with Crippen molar-refractivity contribution in [2.45, 2.75) is 19.3 Å². The molecule has 7 heteroatoms. The zero-order valence-corrected chi connectivity index (χ0v) is 8.70. The quantitative estimate of drug-likeness (QED) is 0.299. The lowest BCUT2D eigenvalue weighted by Crippen LogP contribution is -2.28. The average molecular weight is 218 g/mol. The van der Waals surface area contributed by atoms with E-state index in [0.29, 0.717) is 25.4 Å². The molecule has 1 rings (SSSR count). The fourth-order valence-electron chi connectivity index (χ4n) is 1.08. The highest BCUT2D eigenvalue weighted by Gasteiger charge is 2.27. The van der Waals surface area contributed by atoms with Crippen LogP contribution in [0.2, 0.25) is 0 Å². The molecule has 0 aromatic heterocycles. The molecule has 0 unspecified atom stereocenters. The van der Waals surface area contributed by atoms with Crippen molar-refractivity contribution in [1.82, 2.24) is 4.72 Å². The van der Waals surface area contributed by atoms with Gasteiger partial charge in [-0.2, -0.15) is 0 Å². The minimum absolute atomic E-state index is 0.245. The van der Waals surface area contributed by atoms with Gasteiger partial charge in [-0.1, -0.05) is 5.11 Å². The Hall–Kier alpha value is -0.780. The van der Waals surface area contributed by atoms with Crippen molar-refractivity contribution < 1.29 is 8.42 Å². The largest absolute Gasteiger partial charge is 0.215 e. The molecule has 1 saturated carbocycles. The Kier molecular flexibility index (Phi) is 4.19. The van der Waals surface area contributed by atoms with Crippen molar-refractivity contribution in [1.29, 1.82) is 0 Å². The second-order valence-electron chi connectivity index (χ2n) is 3.43. The Morgan fingerprint density at radius 3 is 2.79 bits per heavy atom. The summed E-state index contributed by atoms with van der Waals surface area (Å²) in [6.07, 6.45) is 2.60. The summed E-state index contributed by atoms with van der Waals surface area (Å²) in [7, 11) is -3.09. The molecule has 0 aromatic carbocycles. The normalized spacial score (nSPS) is 16.3. The van der Waals surface area contributed by atoms with Crippen LogP contribution >= 0.6 is 0 Å². The van der Waals surface area contributed by atoms with Crippen LogP contribution in [-0.4, -0.2) is 27.3 Å². The van der Waals surface area contributed by atoms with Crippen molar-refractivity contribution in [2.24, 2.45) is 11.0 Å². The fraction of sp³-hybridized carbons (Fsp3) is 1.00. The SMILES string of the molecule is [N-]=[N+]=NCCCNS(=O)(=O)CC1CC1. The van der Waals surface area contributed by atoms with Crippen LogP contribution in [-0.2, 0) is 10.0 Å². The first kappa shape index (κ1) is 11.3. The summed E-state index contributed by atoms with van der Waals surface area (Å²) in [5.41, 5.74) is 7.97. The molecule has 14 heavy (non-hydrogen) atoms. The monoisotopic (exact) mass is 218 g/mol. The molecule has 0 bridgehead atoms. The third-order valence-electron chi connectivity index (χ3n) is 1.97. The minimum Gasteiger partial charge on any atom is -0.215 e. The highest BCUT2D eigenvalue weighted by molar-refractivity contribution is 7.89. The summed E-state index contributed by atoms with van der Waals surface area (Å²) in [6.45, 7) is 0.691. The van der Waals surface area contributed by atoms with E-state index in [1.165, 1.54) is 0 Å². The van der Waals surface area contributed by atoms with Crippen molar-refractivity contribution in [2.75, 3.05) is 18.8 Å². The lowest BCUT2D eigenvalue weighted by Gasteiger charge is -2.03. The molecule has 0 heterocycles. The Balaban J connectivity index is 2.12. The van der Waals surface area contributed by atoms with E-state index in [9.17, 15) is 8.42 Å². The molecule has 0 aliphatic heterocycles. The second kappa shape index (κ2) is 5.19. The van der Waals surface area contributed by atoms with Gasteiger partial charge in [-0.15, -0.1) is 0 Å². The maximum atomic E-state index is 11.3. The molecule has 0 amide bonds. The predicted molar refractivity (Wildman–Crippen MR) is 53.1 cm³/mol. The molecule has 0 saturated heterocycles. The number of nitrogens with one attached hydrogen (secondary N) is 1. The topological polar surface area (TPSA) is 94.9 Å². The number of nitrogens with zero attached hydrogens (tertiary/aromatic N) is 3. The number of rotatable bonds is 7. The Labute approximate surface area is 83.4 Å². The molecule has 0 atom stereocenters. The summed E-state index contributed by atoms with van der Waals surface area (Å²) in [6, 6.07) is 0. The van der Waals surface area contributed by atoms with E-state index in [2.05, 4.69) is 14.7 Å². The van der Waals surface area contributed by atoms with Gasteiger partial charge >= 0.3 is 0 Å². The summed E-state index contributed by atoms with van der Waals surface area (Å²) in [5.74, 6) is 0.610. The summed E-state index contributed by atoms with van der Waals surface area (Å²) >= 11 is 0. The highest BCUT2D eigenvalue weighted by atomic mass is 32.2. The lowest BCUT2D eigenvalue weighted by molar-refractivity contribution is 0.575. The van der Waals surface area contributed by atoms with Gasteiger partial charge in [0.15, 0.2) is 0 Å². The third-order valence-corrected chi connectivity index (χ3v) is 3.53. The van der Waals surface area contributed by atoms with Gasteiger partial charge in [0, 0.05) is 18.0 Å². The van der Waals surface area contributed by atoms with Crippen LogP contribution in [0, 0.1) is 5.92 Å². The second-order valence-corrected chi connectivity index (χ2v) is 5.28. The molecule has 1 fully saturated rings. The molecule has 6 nitrogen and oxygen atoms in total. The molecule has 0 radical (unpaired) electrons. The number of hydrogen-bond acceptors (Lipinski definition) is 3. The summed E-state index contributed by atoms with van der Waals surface area (Å²) in [4.78, 5) is 2.58. The smallest absolute Gasteiger partial charge is 0.211 e. The fourth-order valence-corrected chi connectivity index (χ4v) is 2.60. The zero-order valence-electron chi connectivity index (χ0n) is 7.89. The van der Waals surface area contributed by atoms with E-state index < -0.39 is 10.0 Å². The Bertz CT molecular complexity index is 317. The summed E-state index contributed by atoms with van der Waals surface area (Å²) < 4.78 is 25.1. The Morgan fingerprint density at radius 1 is 1.50 bits per heavy atom. The molecule has 1 aliphatic carbocycles. The van der Waals surface area contributed by atoms with Gasteiger partial charge in [0.2, 0.25) is 10.0 Å². The molecule has 0 aromatic rings. The van der Waals surface area contributed by atoms with Crippen molar-refractivity contribution in [3.8, 4) is 0 Å². The molecule has 0 spiro atoms. The van der Waals surface area contributed by atoms with Gasteiger partial charge in [-0.25, -0.2) is 13.1 Å². The van der Waals surface area contributed by atoms with Gasteiger partial charge in [0.1, 0.15) is 0 Å². The van der Waals surface area contributed by atoms with E-state index >= 15 is 0 Å². The third kappa shape index (κ3) is 5.06. The first-order valence-electron chi connectivity index (χ1n) is 4.62. The van der Waals surface area contributed by atoms with Crippen LogP contribution in [0.1, 0.15) is 19.3 Å². The van der Waals surface area contributed by atoms with E-state index in [1.54, 1.807) is 0 Å². The maximum absolute atomic E-state index is 11.3. The summed E-state index contributed by atoms with van der Waals surface area (Å²) in [5, 5.41) is 3.31. The number of hydrogen-bond donors (Lipinski definition) is 1. The van der Waals surface area contributed by atoms with Crippen LogP contribution in [0.25, 0.3) is 10.4 Å². The van der Waals surface area contributed by atoms with Crippen LogP contribution < -0.4 is 4.72 Å². The zero-order chi connectivity index (χ0) is 10.4. The molecular weight excluding hydrogens is 204 g/mol. The van der Waals surface area contributed by atoms with E-state index in [-0.39, 0.29) is 5.75 Å². The van der Waals surface area contributed by atoms with Crippen molar-refractivity contribution in [3.63, 3.8) is 0 Å². The van der Waals surface area contributed by atoms with Crippen molar-refractivity contribution >= 4 is 10.0 Å². The van der Waals surface area contributed by atoms with Crippen LogP contribution in [0.5, 0.6) is 0 Å². The average Bonchev–Trinajstić information content (AvgIpc) is 2.87. The Morgan fingerprint density at radius 2 is 2.21 bits per heavy atom. The van der Waals surface area contributed by atoms with Gasteiger partial charge < -0.3 is 0 Å². The number of sulfonamides is 1. The van der Waals surface area contributed by atoms with Crippen LogP contribution in [0.15, 0.2) is 5.11 Å². The lowest BCUT2D eigenvalue weighted by atomic mass is 10.4. The van der Waals surface area contributed by atoms with Gasteiger partial charge in [0.05, 0.1) is 5.75 Å². The van der Waals surface area contributed by atoms with E-state index in [1.807, 2.05) is 0 Å². The molecule has 1 N–H and O–H groups in total. The van der Waals surface area contributed by atoms with Crippen LogP contribution in [0.4, 0.5) is 0 Å². The van der Waals surface area contributed by atoms with Gasteiger partial charge in [-0.05, 0) is 30.7 Å². The molecular formula is C7H14N4O2S.